The van der Waals surface area contributed by atoms with E-state index in [1.54, 1.807) is 17.9 Å². The van der Waals surface area contributed by atoms with E-state index in [-0.39, 0.29) is 5.91 Å². The second-order valence-electron chi connectivity index (χ2n) is 5.56. The molecule has 0 aliphatic rings. The Morgan fingerprint density at radius 1 is 1.12 bits per heavy atom. The summed E-state index contributed by atoms with van der Waals surface area (Å²) in [4.78, 5) is 12.4. The molecule has 0 fully saturated rings. The van der Waals surface area contributed by atoms with E-state index >= 15 is 0 Å². The SMILES string of the molecule is COc1ccc(C)cc1-c1cc(C(=O)Nc2ccccc2)nn1C. The van der Waals surface area contributed by atoms with Crippen LogP contribution in [0.1, 0.15) is 16.1 Å². The molecule has 0 unspecified atom stereocenters. The molecule has 0 spiro atoms. The molecule has 0 radical (unpaired) electrons. The maximum Gasteiger partial charge on any atom is 0.276 e. The fourth-order valence-corrected chi connectivity index (χ4v) is 2.57. The minimum absolute atomic E-state index is 0.241. The maximum atomic E-state index is 12.4. The zero-order chi connectivity index (χ0) is 17.1. The van der Waals surface area contributed by atoms with Crippen molar-refractivity contribution >= 4 is 11.6 Å². The molecule has 0 aliphatic carbocycles. The zero-order valence-electron chi connectivity index (χ0n) is 13.9. The van der Waals surface area contributed by atoms with Crippen LogP contribution >= 0.6 is 0 Å². The van der Waals surface area contributed by atoms with Gasteiger partial charge in [-0.1, -0.05) is 29.8 Å². The van der Waals surface area contributed by atoms with Gasteiger partial charge in [0.25, 0.3) is 5.91 Å². The molecule has 2 aromatic carbocycles. The lowest BCUT2D eigenvalue weighted by Gasteiger charge is -2.09. The first-order valence-corrected chi connectivity index (χ1v) is 7.64. The van der Waals surface area contributed by atoms with Crippen molar-refractivity contribution in [3.05, 3.63) is 65.9 Å². The molecule has 24 heavy (non-hydrogen) atoms. The molecule has 0 saturated heterocycles. The lowest BCUT2D eigenvalue weighted by atomic mass is 10.1. The number of ether oxygens (including phenoxy) is 1. The number of aromatic nitrogens is 2. The summed E-state index contributed by atoms with van der Waals surface area (Å²) in [7, 11) is 3.45. The highest BCUT2D eigenvalue weighted by atomic mass is 16.5. The van der Waals surface area contributed by atoms with Crippen LogP contribution < -0.4 is 10.1 Å². The van der Waals surface area contributed by atoms with Crippen molar-refractivity contribution < 1.29 is 9.53 Å². The number of rotatable bonds is 4. The number of nitrogens with zero attached hydrogens (tertiary/aromatic N) is 2. The van der Waals surface area contributed by atoms with Crippen LogP contribution in [0.3, 0.4) is 0 Å². The lowest BCUT2D eigenvalue weighted by Crippen LogP contribution is -2.12. The van der Waals surface area contributed by atoms with Gasteiger partial charge in [0.05, 0.1) is 12.8 Å². The van der Waals surface area contributed by atoms with Crippen LogP contribution in [0, 0.1) is 6.92 Å². The summed E-state index contributed by atoms with van der Waals surface area (Å²) in [6, 6.07) is 17.0. The van der Waals surface area contributed by atoms with Crippen LogP contribution in [0.4, 0.5) is 5.69 Å². The second kappa shape index (κ2) is 6.58. The zero-order valence-corrected chi connectivity index (χ0v) is 13.9. The van der Waals surface area contributed by atoms with Gasteiger partial charge in [0, 0.05) is 18.3 Å². The number of methoxy groups -OCH3 is 1. The molecule has 1 heterocycles. The van der Waals surface area contributed by atoms with Crippen molar-refractivity contribution in [2.75, 3.05) is 12.4 Å². The van der Waals surface area contributed by atoms with E-state index in [1.165, 1.54) is 0 Å². The average molecular weight is 321 g/mol. The van der Waals surface area contributed by atoms with Crippen molar-refractivity contribution in [1.82, 2.24) is 9.78 Å². The molecule has 1 amide bonds. The van der Waals surface area contributed by atoms with Crippen molar-refractivity contribution in [3.8, 4) is 17.0 Å². The first-order valence-electron chi connectivity index (χ1n) is 7.64. The Hall–Kier alpha value is -3.08. The molecule has 1 aromatic heterocycles. The van der Waals surface area contributed by atoms with Gasteiger partial charge in [0.15, 0.2) is 5.69 Å². The molecule has 3 aromatic rings. The van der Waals surface area contributed by atoms with Crippen LogP contribution in [0.2, 0.25) is 0 Å². The van der Waals surface area contributed by atoms with E-state index in [0.29, 0.717) is 5.69 Å². The summed E-state index contributed by atoms with van der Waals surface area (Å²) in [6.07, 6.45) is 0. The minimum atomic E-state index is -0.241. The molecule has 5 heteroatoms. The van der Waals surface area contributed by atoms with Crippen LogP contribution in [0.5, 0.6) is 5.75 Å². The van der Waals surface area contributed by atoms with Gasteiger partial charge in [-0.15, -0.1) is 0 Å². The van der Waals surface area contributed by atoms with Crippen LogP contribution in [0.25, 0.3) is 11.3 Å². The van der Waals surface area contributed by atoms with Gasteiger partial charge in [0.2, 0.25) is 0 Å². The number of anilines is 1. The highest BCUT2D eigenvalue weighted by Crippen LogP contribution is 2.31. The Kier molecular flexibility index (Phi) is 4.33. The quantitative estimate of drug-likeness (QED) is 0.798. The highest BCUT2D eigenvalue weighted by molar-refractivity contribution is 6.03. The maximum absolute atomic E-state index is 12.4. The summed E-state index contributed by atoms with van der Waals surface area (Å²) in [5, 5.41) is 7.18. The van der Waals surface area contributed by atoms with Gasteiger partial charge in [-0.05, 0) is 37.3 Å². The fraction of sp³-hybridized carbons (Fsp3) is 0.158. The summed E-state index contributed by atoms with van der Waals surface area (Å²) in [5.74, 6) is 0.508. The molecule has 5 nitrogen and oxygen atoms in total. The lowest BCUT2D eigenvalue weighted by molar-refractivity contribution is 0.102. The standard InChI is InChI=1S/C19H19N3O2/c1-13-9-10-18(24-3)15(11-13)17-12-16(21-22(17)2)19(23)20-14-7-5-4-6-8-14/h4-12H,1-3H3,(H,20,23). The Morgan fingerprint density at radius 3 is 2.58 bits per heavy atom. The number of carbonyl (C=O) groups excluding carboxylic acids is 1. The Bertz CT molecular complexity index is 870. The van der Waals surface area contributed by atoms with Gasteiger partial charge < -0.3 is 10.1 Å². The van der Waals surface area contributed by atoms with E-state index in [4.69, 9.17) is 4.74 Å². The van der Waals surface area contributed by atoms with Crippen LogP contribution in [-0.4, -0.2) is 22.8 Å². The average Bonchev–Trinajstić information content (AvgIpc) is 2.97. The van der Waals surface area contributed by atoms with E-state index in [0.717, 1.165) is 28.3 Å². The number of benzene rings is 2. The van der Waals surface area contributed by atoms with Gasteiger partial charge in [0.1, 0.15) is 5.75 Å². The topological polar surface area (TPSA) is 56.1 Å². The second-order valence-corrected chi connectivity index (χ2v) is 5.56. The minimum Gasteiger partial charge on any atom is -0.496 e. The Balaban J connectivity index is 1.93. The van der Waals surface area contributed by atoms with Crippen molar-refractivity contribution in [2.24, 2.45) is 7.05 Å². The first kappa shape index (κ1) is 15.8. The van der Waals surface area contributed by atoms with Crippen molar-refractivity contribution in [1.29, 1.82) is 0 Å². The third-order valence-electron chi connectivity index (χ3n) is 3.78. The third-order valence-corrected chi connectivity index (χ3v) is 3.78. The van der Waals surface area contributed by atoms with E-state index < -0.39 is 0 Å². The molecule has 0 aliphatic heterocycles. The summed E-state index contributed by atoms with van der Waals surface area (Å²) >= 11 is 0. The summed E-state index contributed by atoms with van der Waals surface area (Å²) < 4.78 is 7.13. The number of hydrogen-bond acceptors (Lipinski definition) is 3. The normalized spacial score (nSPS) is 10.5. The van der Waals surface area contributed by atoms with Gasteiger partial charge in [-0.25, -0.2) is 0 Å². The molecular formula is C19H19N3O2. The molecule has 3 rings (SSSR count). The number of amides is 1. The smallest absolute Gasteiger partial charge is 0.276 e. The third kappa shape index (κ3) is 3.15. The molecule has 0 atom stereocenters. The Morgan fingerprint density at radius 2 is 1.88 bits per heavy atom. The van der Waals surface area contributed by atoms with E-state index in [9.17, 15) is 4.79 Å². The number of para-hydroxylation sites is 1. The van der Waals surface area contributed by atoms with Crippen LogP contribution in [-0.2, 0) is 7.05 Å². The van der Waals surface area contributed by atoms with Gasteiger partial charge >= 0.3 is 0 Å². The van der Waals surface area contributed by atoms with E-state index in [1.807, 2.05) is 62.5 Å². The van der Waals surface area contributed by atoms with Crippen molar-refractivity contribution in [3.63, 3.8) is 0 Å². The fourth-order valence-electron chi connectivity index (χ4n) is 2.57. The number of aryl methyl sites for hydroxylation is 2. The molecule has 122 valence electrons. The van der Waals surface area contributed by atoms with Gasteiger partial charge in [-0.3, -0.25) is 9.48 Å². The number of nitrogens with one attached hydrogen (secondary N) is 1. The van der Waals surface area contributed by atoms with Crippen LogP contribution in [0.15, 0.2) is 54.6 Å². The first-order chi connectivity index (χ1) is 11.6. The Labute approximate surface area is 140 Å². The summed E-state index contributed by atoms with van der Waals surface area (Å²) in [6.45, 7) is 2.02. The summed E-state index contributed by atoms with van der Waals surface area (Å²) in [5.41, 5.74) is 3.95. The predicted molar refractivity (Wildman–Crippen MR) is 94.3 cm³/mol. The van der Waals surface area contributed by atoms with Crippen molar-refractivity contribution in [2.45, 2.75) is 6.92 Å². The van der Waals surface area contributed by atoms with E-state index in [2.05, 4.69) is 10.4 Å². The number of carbonyl (C=O) groups is 1. The predicted octanol–water partition coefficient (Wildman–Crippen LogP) is 3.66. The molecule has 1 N–H and O–H groups in total. The monoisotopic (exact) mass is 321 g/mol. The molecular weight excluding hydrogens is 302 g/mol. The van der Waals surface area contributed by atoms with Gasteiger partial charge in [-0.2, -0.15) is 5.10 Å². The largest absolute Gasteiger partial charge is 0.496 e. The number of hydrogen-bond donors (Lipinski definition) is 1. The molecule has 0 saturated carbocycles. The highest BCUT2D eigenvalue weighted by Gasteiger charge is 2.16. The molecule has 0 bridgehead atoms.